The molecule has 0 rings (SSSR count). The van der Waals surface area contributed by atoms with Gasteiger partial charge in [-0.3, -0.25) is 0 Å². The molecule has 0 aromatic carbocycles. The van der Waals surface area contributed by atoms with Crippen LogP contribution < -0.4 is 0 Å². The van der Waals surface area contributed by atoms with Crippen molar-refractivity contribution in [3.8, 4) is 0 Å². The van der Waals surface area contributed by atoms with Crippen molar-refractivity contribution < 1.29 is 16.9 Å². The minimum absolute atomic E-state index is 1.42. The summed E-state index contributed by atoms with van der Waals surface area (Å²) >= 11 is -5.56. The number of hydrogen-bond acceptors (Lipinski definition) is 2. The summed E-state index contributed by atoms with van der Waals surface area (Å²) in [5, 5.41) is 0. The van der Waals surface area contributed by atoms with Gasteiger partial charge in [0.2, 0.25) is 0 Å². The maximum absolute atomic E-state index is 11.2. The molecule has 0 aromatic heterocycles. The summed E-state index contributed by atoms with van der Waals surface area (Å²) in [4.78, 5) is 0. The molecule has 0 aliphatic rings. The van der Waals surface area contributed by atoms with Crippen LogP contribution in [0, 0.1) is 0 Å². The third kappa shape index (κ3) is 269. The van der Waals surface area contributed by atoms with Crippen LogP contribution in [0.1, 0.15) is 0 Å². The van der Waals surface area contributed by atoms with Gasteiger partial charge in [0.25, 0.3) is 12.2 Å². The van der Waals surface area contributed by atoms with Gasteiger partial charge in [-0.15, -0.1) is 0 Å². The zero-order valence-electron chi connectivity index (χ0n) is 5.03. The Hall–Kier alpha value is 0.748. The van der Waals surface area contributed by atoms with Gasteiger partial charge in [0.1, 0.15) is 0 Å². The summed E-state index contributed by atoms with van der Waals surface area (Å²) in [7, 11) is 0. The van der Waals surface area contributed by atoms with Crippen molar-refractivity contribution in [3.63, 3.8) is 0 Å². The first kappa shape index (κ1) is 14.3. The van der Waals surface area contributed by atoms with E-state index in [2.05, 4.69) is 16.9 Å². The van der Waals surface area contributed by atoms with E-state index in [0.717, 1.165) is 0 Å². The summed E-state index contributed by atoms with van der Waals surface area (Å²) in [5.74, 6) is 0. The molecule has 0 aromatic rings. The quantitative estimate of drug-likeness (QED) is 0.314. The molecule has 0 radical (unpaired) electrons. The molecule has 0 nitrogen and oxygen atoms in total. The Balaban J connectivity index is 0. The number of thioether (sulfide) groups is 1. The van der Waals surface area contributed by atoms with Crippen LogP contribution in [0.3, 0.4) is 0 Å². The first-order chi connectivity index (χ1) is 4.36. The number of halogens is 6. The van der Waals surface area contributed by atoms with E-state index in [4.69, 9.17) is 0 Å². The van der Waals surface area contributed by atoms with Crippen molar-refractivity contribution in [3.05, 3.63) is 0 Å². The van der Waals surface area contributed by atoms with E-state index in [1.807, 2.05) is 6.26 Å². The van der Waals surface area contributed by atoms with E-state index in [1.54, 1.807) is 0 Å². The molecule has 0 heterocycles. The average molecular weight is 327 g/mol. The van der Waals surface area contributed by atoms with E-state index in [1.165, 1.54) is 11.8 Å². The van der Waals surface area contributed by atoms with E-state index in [9.17, 15) is 16.9 Å². The molecule has 70 valence electrons. The van der Waals surface area contributed by atoms with Crippen LogP contribution in [0.15, 0.2) is 0 Å². The van der Waals surface area contributed by atoms with Crippen molar-refractivity contribution in [2.24, 2.45) is 0 Å². The molecular formula is C2H3F6S2Sb. The Kier molecular flexibility index (Phi) is 4.21. The Morgan fingerprint density at radius 3 is 1.18 bits per heavy atom. The van der Waals surface area contributed by atoms with Crippen molar-refractivity contribution in [2.45, 2.75) is 0 Å². The van der Waals surface area contributed by atoms with Gasteiger partial charge in [-0.2, -0.15) is 0 Å². The fourth-order valence-corrected chi connectivity index (χ4v) is 0. The molecule has 0 saturated heterocycles. The van der Waals surface area contributed by atoms with Crippen LogP contribution in [0.5, 0.6) is 0 Å². The van der Waals surface area contributed by atoms with E-state index >= 15 is 0 Å². The van der Waals surface area contributed by atoms with Crippen LogP contribution in [0.2, 0.25) is 0 Å². The Morgan fingerprint density at radius 2 is 1.18 bits per heavy atom. The molecule has 0 aliphatic heterocycles. The summed E-state index contributed by atoms with van der Waals surface area (Å²) < 4.78 is 62.0. The SMILES string of the molecule is CS[C+]=S.[F][Sb-]([F])([F])([F])([F])[F]. The normalized spacial score (nSPS) is 16.6. The average Bonchev–Trinajstić information content (AvgIpc) is 1.57. The first-order valence-electron chi connectivity index (χ1n) is 1.83. The second kappa shape index (κ2) is 3.24. The van der Waals surface area contributed by atoms with Crippen LogP contribution in [-0.4, -0.2) is 30.4 Å². The van der Waals surface area contributed by atoms with Gasteiger partial charge in [-0.25, -0.2) is 0 Å². The van der Waals surface area contributed by atoms with Gasteiger partial charge in [0.15, 0.2) is 11.8 Å². The van der Waals surface area contributed by atoms with E-state index < -0.39 is 19.5 Å². The summed E-state index contributed by atoms with van der Waals surface area (Å²) in [6.07, 6.45) is 1.88. The molecule has 0 N–H and O–H groups in total. The first-order valence-corrected chi connectivity index (χ1v) is 9.25. The van der Waals surface area contributed by atoms with Gasteiger partial charge in [-0.05, 0) is 0 Å². The van der Waals surface area contributed by atoms with Gasteiger partial charge in [0, 0.05) is 6.26 Å². The predicted octanol–water partition coefficient (Wildman–Crippen LogP) is 3.32. The van der Waals surface area contributed by atoms with Gasteiger partial charge in [-0.1, -0.05) is 0 Å². The Labute approximate surface area is 71.2 Å². The topological polar surface area (TPSA) is 0 Å². The molecule has 0 fully saturated rings. The third-order valence-electron chi connectivity index (χ3n) is 0.0833. The molecule has 0 bridgehead atoms. The van der Waals surface area contributed by atoms with E-state index in [-0.39, 0.29) is 0 Å². The Morgan fingerprint density at radius 1 is 1.09 bits per heavy atom. The molecule has 0 aliphatic carbocycles. The summed E-state index contributed by atoms with van der Waals surface area (Å²) in [6.45, 7) is 0. The molecule has 0 unspecified atom stereocenters. The molecule has 9 heteroatoms. The van der Waals surface area contributed by atoms with Crippen LogP contribution >= 0.6 is 24.0 Å². The standard InChI is InChI=1S/C2H3S2.6FH.Sb/c1-4-2-3;;;;;;;/h1H3;6*1H;/q+1;;;;;;;+5/p-6. The number of hydrogen-bond donors (Lipinski definition) is 0. The Bertz CT molecular complexity index is 119. The van der Waals surface area contributed by atoms with Crippen molar-refractivity contribution in [1.29, 1.82) is 0 Å². The van der Waals surface area contributed by atoms with Crippen LogP contribution in [-0.2, 0) is 0 Å². The predicted molar refractivity (Wildman–Crippen MR) is 38.5 cm³/mol. The molecule has 0 spiro atoms. The molecule has 0 saturated carbocycles. The fraction of sp³-hybridized carbons (Fsp3) is 0.500. The fourth-order valence-electron chi connectivity index (χ4n) is 0. The second-order valence-corrected chi connectivity index (χ2v) is 7.79. The summed E-state index contributed by atoms with van der Waals surface area (Å²) in [6, 6.07) is 0. The van der Waals surface area contributed by atoms with Gasteiger partial charge >= 0.3 is 41.1 Å². The maximum atomic E-state index is 9.93. The molecule has 11 heavy (non-hydrogen) atoms. The zero-order chi connectivity index (χ0) is 9.82. The molecular weight excluding hydrogens is 324 g/mol. The monoisotopic (exact) mass is 326 g/mol. The van der Waals surface area contributed by atoms with Gasteiger partial charge < -0.3 is 0 Å². The van der Waals surface area contributed by atoms with Crippen molar-refractivity contribution >= 4 is 48.2 Å². The number of rotatable bonds is 1. The molecule has 0 atom stereocenters. The third-order valence-corrected chi connectivity index (χ3v) is 0.750. The van der Waals surface area contributed by atoms with Crippen LogP contribution in [0.4, 0.5) is 16.9 Å². The summed E-state index contributed by atoms with van der Waals surface area (Å²) in [5.41, 5.74) is 0. The minimum atomic E-state index is -11.2. The zero-order valence-corrected chi connectivity index (χ0v) is 9.22. The molecule has 0 amide bonds. The number of thiocarbonyl (C=S) groups is 1. The van der Waals surface area contributed by atoms with Crippen LogP contribution in [0.25, 0.3) is 0 Å². The van der Waals surface area contributed by atoms with E-state index in [0.29, 0.717) is 0 Å². The van der Waals surface area contributed by atoms with Crippen molar-refractivity contribution in [2.75, 3.05) is 6.26 Å². The van der Waals surface area contributed by atoms with Gasteiger partial charge in [0.05, 0.1) is 0 Å². The second-order valence-electron chi connectivity index (χ2n) is 1.25. The van der Waals surface area contributed by atoms with Crippen molar-refractivity contribution in [1.82, 2.24) is 0 Å².